The standard InChI is InChI=1S/C18H16ClN3O2/c1-12-16(21-17(20-12)14-7-3-2-4-8-14)18(23)22-24-11-13-6-5-9-15(19)10-13/h2-10H,11H2,1H3,(H,20,21)(H,22,23). The van der Waals surface area contributed by atoms with E-state index in [2.05, 4.69) is 15.4 Å². The van der Waals surface area contributed by atoms with Crippen molar-refractivity contribution in [1.82, 2.24) is 15.4 Å². The molecule has 0 aliphatic rings. The first-order valence-corrected chi connectivity index (χ1v) is 7.80. The first-order valence-electron chi connectivity index (χ1n) is 7.42. The van der Waals surface area contributed by atoms with Crippen LogP contribution >= 0.6 is 11.6 Å². The van der Waals surface area contributed by atoms with Crippen molar-refractivity contribution in [2.45, 2.75) is 13.5 Å². The van der Waals surface area contributed by atoms with Gasteiger partial charge in [0.1, 0.15) is 5.82 Å². The highest BCUT2D eigenvalue weighted by Crippen LogP contribution is 2.17. The molecule has 1 aromatic heterocycles. The van der Waals surface area contributed by atoms with Gasteiger partial charge in [-0.1, -0.05) is 54.1 Å². The van der Waals surface area contributed by atoms with Gasteiger partial charge in [-0.15, -0.1) is 0 Å². The molecule has 2 aromatic carbocycles. The Kier molecular flexibility index (Phi) is 4.93. The van der Waals surface area contributed by atoms with Crippen molar-refractivity contribution >= 4 is 17.5 Å². The lowest BCUT2D eigenvalue weighted by atomic mass is 10.2. The van der Waals surface area contributed by atoms with Gasteiger partial charge in [-0.25, -0.2) is 10.5 Å². The van der Waals surface area contributed by atoms with E-state index < -0.39 is 5.91 Å². The van der Waals surface area contributed by atoms with Crippen LogP contribution in [0.2, 0.25) is 5.02 Å². The number of nitrogens with one attached hydrogen (secondary N) is 2. The molecular weight excluding hydrogens is 326 g/mol. The summed E-state index contributed by atoms with van der Waals surface area (Å²) in [6, 6.07) is 16.9. The van der Waals surface area contributed by atoms with E-state index in [1.165, 1.54) is 0 Å². The molecule has 24 heavy (non-hydrogen) atoms. The average Bonchev–Trinajstić information content (AvgIpc) is 2.98. The monoisotopic (exact) mass is 341 g/mol. The molecular formula is C18H16ClN3O2. The van der Waals surface area contributed by atoms with Crippen LogP contribution in [0, 0.1) is 6.92 Å². The van der Waals surface area contributed by atoms with Crippen molar-refractivity contribution in [2.24, 2.45) is 0 Å². The number of H-pyrrole nitrogens is 1. The number of aromatic nitrogens is 2. The van der Waals surface area contributed by atoms with Gasteiger partial charge >= 0.3 is 0 Å². The van der Waals surface area contributed by atoms with Gasteiger partial charge in [-0.2, -0.15) is 0 Å². The van der Waals surface area contributed by atoms with E-state index in [0.717, 1.165) is 11.1 Å². The average molecular weight is 342 g/mol. The summed E-state index contributed by atoms with van der Waals surface area (Å²) in [5.74, 6) is 0.251. The number of imidazole rings is 1. The predicted octanol–water partition coefficient (Wildman–Crippen LogP) is 3.90. The van der Waals surface area contributed by atoms with Gasteiger partial charge in [0.15, 0.2) is 5.69 Å². The van der Waals surface area contributed by atoms with E-state index in [-0.39, 0.29) is 6.61 Å². The Morgan fingerprint density at radius 1 is 1.21 bits per heavy atom. The summed E-state index contributed by atoms with van der Waals surface area (Å²) in [5, 5.41) is 0.623. The van der Waals surface area contributed by atoms with Crippen LogP contribution in [0.4, 0.5) is 0 Å². The number of carbonyl (C=O) groups excluding carboxylic acids is 1. The Morgan fingerprint density at radius 2 is 2.00 bits per heavy atom. The summed E-state index contributed by atoms with van der Waals surface area (Å²) in [7, 11) is 0. The van der Waals surface area contributed by atoms with Gasteiger partial charge in [0.05, 0.1) is 6.61 Å². The molecule has 0 atom stereocenters. The van der Waals surface area contributed by atoms with Crippen LogP contribution in [-0.2, 0) is 11.4 Å². The number of hydrogen-bond acceptors (Lipinski definition) is 3. The Hall–Kier alpha value is -2.63. The molecule has 0 spiro atoms. The molecule has 3 aromatic rings. The smallest absolute Gasteiger partial charge is 0.295 e. The minimum Gasteiger partial charge on any atom is -0.341 e. The number of carbonyl (C=O) groups is 1. The largest absolute Gasteiger partial charge is 0.341 e. The molecule has 0 aliphatic carbocycles. The van der Waals surface area contributed by atoms with E-state index in [1.807, 2.05) is 42.5 Å². The molecule has 5 nitrogen and oxygen atoms in total. The molecule has 2 N–H and O–H groups in total. The van der Waals surface area contributed by atoms with Crippen LogP contribution in [0.15, 0.2) is 54.6 Å². The zero-order valence-electron chi connectivity index (χ0n) is 13.0. The van der Waals surface area contributed by atoms with Crippen LogP contribution in [0.1, 0.15) is 21.7 Å². The lowest BCUT2D eigenvalue weighted by Crippen LogP contribution is -2.24. The zero-order chi connectivity index (χ0) is 16.9. The number of hydrogen-bond donors (Lipinski definition) is 2. The van der Waals surface area contributed by atoms with Crippen LogP contribution in [0.25, 0.3) is 11.4 Å². The van der Waals surface area contributed by atoms with Crippen LogP contribution in [-0.4, -0.2) is 15.9 Å². The number of amides is 1. The number of nitrogens with zero attached hydrogens (tertiary/aromatic N) is 1. The van der Waals surface area contributed by atoms with Crippen molar-refractivity contribution in [2.75, 3.05) is 0 Å². The Morgan fingerprint density at radius 3 is 2.75 bits per heavy atom. The second-order valence-electron chi connectivity index (χ2n) is 5.27. The predicted molar refractivity (Wildman–Crippen MR) is 92.5 cm³/mol. The van der Waals surface area contributed by atoms with Gasteiger partial charge in [0, 0.05) is 16.3 Å². The maximum atomic E-state index is 12.2. The number of rotatable bonds is 5. The van der Waals surface area contributed by atoms with E-state index >= 15 is 0 Å². The first-order chi connectivity index (χ1) is 11.6. The quantitative estimate of drug-likeness (QED) is 0.692. The van der Waals surface area contributed by atoms with Crippen LogP contribution < -0.4 is 5.48 Å². The molecule has 0 aliphatic heterocycles. The van der Waals surface area contributed by atoms with E-state index in [0.29, 0.717) is 22.2 Å². The molecule has 1 amide bonds. The Balaban J connectivity index is 1.64. The summed E-state index contributed by atoms with van der Waals surface area (Å²) in [4.78, 5) is 24.9. The van der Waals surface area contributed by atoms with Gasteiger partial charge in [0.2, 0.25) is 0 Å². The summed E-state index contributed by atoms with van der Waals surface area (Å²) in [6.45, 7) is 2.02. The zero-order valence-corrected chi connectivity index (χ0v) is 13.8. The Labute approximate surface area is 144 Å². The van der Waals surface area contributed by atoms with Gasteiger partial charge in [-0.05, 0) is 24.6 Å². The van der Waals surface area contributed by atoms with Crippen molar-refractivity contribution in [3.63, 3.8) is 0 Å². The third kappa shape index (κ3) is 3.82. The molecule has 122 valence electrons. The van der Waals surface area contributed by atoms with Crippen LogP contribution in [0.5, 0.6) is 0 Å². The summed E-state index contributed by atoms with van der Waals surface area (Å²) >= 11 is 5.91. The highest BCUT2D eigenvalue weighted by molar-refractivity contribution is 6.30. The highest BCUT2D eigenvalue weighted by atomic mass is 35.5. The molecule has 6 heteroatoms. The van der Waals surface area contributed by atoms with Gasteiger partial charge in [0.25, 0.3) is 5.91 Å². The lowest BCUT2D eigenvalue weighted by Gasteiger charge is -2.05. The normalized spacial score (nSPS) is 10.6. The second kappa shape index (κ2) is 7.29. The second-order valence-corrected chi connectivity index (χ2v) is 5.71. The molecule has 0 fully saturated rings. The minimum absolute atomic E-state index is 0.224. The molecule has 1 heterocycles. The fraction of sp³-hybridized carbons (Fsp3) is 0.111. The number of aromatic amines is 1. The lowest BCUT2D eigenvalue weighted by molar-refractivity contribution is 0.0229. The Bertz CT molecular complexity index is 846. The summed E-state index contributed by atoms with van der Waals surface area (Å²) in [5.41, 5.74) is 5.18. The van der Waals surface area contributed by atoms with E-state index in [4.69, 9.17) is 16.4 Å². The molecule has 0 saturated carbocycles. The molecule has 0 unspecified atom stereocenters. The molecule has 0 radical (unpaired) electrons. The maximum absolute atomic E-state index is 12.2. The van der Waals surface area contributed by atoms with E-state index in [9.17, 15) is 4.79 Å². The third-order valence-electron chi connectivity index (χ3n) is 3.44. The molecule has 0 bridgehead atoms. The number of halogens is 1. The topological polar surface area (TPSA) is 67.0 Å². The maximum Gasteiger partial charge on any atom is 0.295 e. The van der Waals surface area contributed by atoms with Gasteiger partial charge < -0.3 is 4.98 Å². The van der Waals surface area contributed by atoms with Crippen molar-refractivity contribution in [3.05, 3.63) is 76.6 Å². The van der Waals surface area contributed by atoms with Gasteiger partial charge in [-0.3, -0.25) is 9.63 Å². The summed E-state index contributed by atoms with van der Waals surface area (Å²) < 4.78 is 0. The minimum atomic E-state index is -0.395. The molecule has 0 saturated heterocycles. The number of benzene rings is 2. The third-order valence-corrected chi connectivity index (χ3v) is 3.67. The summed E-state index contributed by atoms with van der Waals surface area (Å²) in [6.07, 6.45) is 0. The highest BCUT2D eigenvalue weighted by Gasteiger charge is 2.15. The van der Waals surface area contributed by atoms with Crippen molar-refractivity contribution < 1.29 is 9.63 Å². The first kappa shape index (κ1) is 16.2. The van der Waals surface area contributed by atoms with Crippen LogP contribution in [0.3, 0.4) is 0 Å². The van der Waals surface area contributed by atoms with E-state index in [1.54, 1.807) is 19.1 Å². The number of hydroxylamine groups is 1. The fourth-order valence-corrected chi connectivity index (χ4v) is 2.49. The molecule has 3 rings (SSSR count). The van der Waals surface area contributed by atoms with Crippen molar-refractivity contribution in [3.8, 4) is 11.4 Å². The SMILES string of the molecule is Cc1[nH]c(-c2ccccc2)nc1C(=O)NOCc1cccc(Cl)c1. The fourth-order valence-electron chi connectivity index (χ4n) is 2.27. The number of aryl methyl sites for hydroxylation is 1. The van der Waals surface area contributed by atoms with Crippen molar-refractivity contribution in [1.29, 1.82) is 0 Å².